The number of anilines is 1. The number of carbonyl (C=O) groups is 1. The van der Waals surface area contributed by atoms with Gasteiger partial charge in [-0.2, -0.15) is 0 Å². The summed E-state index contributed by atoms with van der Waals surface area (Å²) in [6, 6.07) is 3.76. The minimum atomic E-state index is -2.94. The second-order valence-corrected chi connectivity index (χ2v) is 7.06. The number of sulfone groups is 1. The Morgan fingerprint density at radius 3 is 2.60 bits per heavy atom. The topological polar surface area (TPSA) is 72.5 Å². The van der Waals surface area contributed by atoms with Gasteiger partial charge in [-0.3, -0.25) is 0 Å². The van der Waals surface area contributed by atoms with Gasteiger partial charge in [-0.15, -0.1) is 0 Å². The second kappa shape index (κ2) is 5.78. The summed E-state index contributed by atoms with van der Waals surface area (Å²) in [6.45, 7) is 0. The monoisotopic (exact) mass is 301 g/mol. The number of benzene rings is 1. The molecule has 110 valence electrons. The Morgan fingerprint density at radius 2 is 2.00 bits per heavy atom. The van der Waals surface area contributed by atoms with E-state index in [-0.39, 0.29) is 23.1 Å². The number of nitrogens with one attached hydrogen (secondary N) is 1. The largest absolute Gasteiger partial charge is 0.465 e. The maximum atomic E-state index is 13.2. The van der Waals surface area contributed by atoms with Crippen LogP contribution in [0.15, 0.2) is 18.2 Å². The average Bonchev–Trinajstić information content (AvgIpc) is 2.42. The van der Waals surface area contributed by atoms with Gasteiger partial charge in [-0.1, -0.05) is 0 Å². The van der Waals surface area contributed by atoms with Gasteiger partial charge in [-0.05, 0) is 31.0 Å². The Kier molecular flexibility index (Phi) is 4.27. The predicted molar refractivity (Wildman–Crippen MR) is 73.0 cm³/mol. The van der Waals surface area contributed by atoms with Gasteiger partial charge in [0.05, 0.1) is 24.2 Å². The van der Waals surface area contributed by atoms with Crippen molar-refractivity contribution in [2.45, 2.75) is 18.9 Å². The first-order chi connectivity index (χ1) is 9.41. The number of hydrogen-bond donors (Lipinski definition) is 1. The highest BCUT2D eigenvalue weighted by Crippen LogP contribution is 2.22. The highest BCUT2D eigenvalue weighted by molar-refractivity contribution is 7.91. The standard InChI is InChI=1S/C13H16FNO4S/c1-19-13(16)11-8-9(14)2-3-12(11)15-10-4-6-20(17,18)7-5-10/h2-3,8,10,15H,4-7H2,1H3. The molecule has 0 bridgehead atoms. The van der Waals surface area contributed by atoms with E-state index in [0.717, 1.165) is 6.07 Å². The molecule has 0 aliphatic carbocycles. The summed E-state index contributed by atoms with van der Waals surface area (Å²) in [4.78, 5) is 11.6. The van der Waals surface area contributed by atoms with Crippen molar-refractivity contribution in [1.29, 1.82) is 0 Å². The molecule has 0 aromatic heterocycles. The molecule has 1 aromatic rings. The fraction of sp³-hybridized carbons (Fsp3) is 0.462. The summed E-state index contributed by atoms with van der Waals surface area (Å²) in [5, 5.41) is 3.10. The average molecular weight is 301 g/mol. The van der Waals surface area contributed by atoms with Crippen molar-refractivity contribution in [3.8, 4) is 0 Å². The number of hydrogen-bond acceptors (Lipinski definition) is 5. The van der Waals surface area contributed by atoms with Crippen molar-refractivity contribution in [1.82, 2.24) is 0 Å². The van der Waals surface area contributed by atoms with E-state index >= 15 is 0 Å². The Labute approximate surface area is 117 Å². The van der Waals surface area contributed by atoms with Crippen LogP contribution < -0.4 is 5.32 Å². The third-order valence-corrected chi connectivity index (χ3v) is 5.02. The molecule has 0 spiro atoms. The molecule has 0 unspecified atom stereocenters. The van der Waals surface area contributed by atoms with E-state index in [2.05, 4.69) is 10.1 Å². The van der Waals surface area contributed by atoms with Crippen LogP contribution in [0, 0.1) is 5.82 Å². The van der Waals surface area contributed by atoms with Crippen LogP contribution in [0.2, 0.25) is 0 Å². The lowest BCUT2D eigenvalue weighted by Gasteiger charge is -2.25. The van der Waals surface area contributed by atoms with E-state index in [0.29, 0.717) is 18.5 Å². The summed E-state index contributed by atoms with van der Waals surface area (Å²) >= 11 is 0. The molecule has 0 saturated carbocycles. The number of ether oxygens (including phenoxy) is 1. The molecule has 1 N–H and O–H groups in total. The smallest absolute Gasteiger partial charge is 0.340 e. The Hall–Kier alpha value is -1.63. The molecule has 0 radical (unpaired) electrons. The molecule has 1 aliphatic heterocycles. The number of halogens is 1. The van der Waals surface area contributed by atoms with Crippen molar-refractivity contribution in [3.05, 3.63) is 29.6 Å². The zero-order valence-electron chi connectivity index (χ0n) is 11.1. The van der Waals surface area contributed by atoms with Crippen LogP contribution >= 0.6 is 0 Å². The molecule has 20 heavy (non-hydrogen) atoms. The second-order valence-electron chi connectivity index (χ2n) is 4.75. The summed E-state index contributed by atoms with van der Waals surface area (Å²) in [7, 11) is -1.71. The van der Waals surface area contributed by atoms with Crippen LogP contribution in [0.25, 0.3) is 0 Å². The van der Waals surface area contributed by atoms with Gasteiger partial charge < -0.3 is 10.1 Å². The van der Waals surface area contributed by atoms with Crippen molar-refractivity contribution < 1.29 is 22.3 Å². The predicted octanol–water partition coefficient (Wildman–Crippen LogP) is 1.60. The minimum Gasteiger partial charge on any atom is -0.465 e. The highest BCUT2D eigenvalue weighted by Gasteiger charge is 2.24. The van der Waals surface area contributed by atoms with Gasteiger partial charge in [0.15, 0.2) is 0 Å². The highest BCUT2D eigenvalue weighted by atomic mass is 32.2. The third kappa shape index (κ3) is 3.47. The van der Waals surface area contributed by atoms with Crippen molar-refractivity contribution in [2.75, 3.05) is 23.9 Å². The zero-order valence-corrected chi connectivity index (χ0v) is 11.9. The Morgan fingerprint density at radius 1 is 1.35 bits per heavy atom. The van der Waals surface area contributed by atoms with Gasteiger partial charge in [0.2, 0.25) is 0 Å². The first kappa shape index (κ1) is 14.8. The molecular formula is C13H16FNO4S. The lowest BCUT2D eigenvalue weighted by molar-refractivity contribution is 0.0601. The summed E-state index contributed by atoms with van der Waals surface area (Å²) in [5.74, 6) is -0.906. The molecule has 1 aromatic carbocycles. The maximum absolute atomic E-state index is 13.2. The molecule has 2 rings (SSSR count). The molecular weight excluding hydrogens is 285 g/mol. The Bertz CT molecular complexity index is 601. The van der Waals surface area contributed by atoms with Crippen LogP contribution in [0.1, 0.15) is 23.2 Å². The number of esters is 1. The molecule has 1 saturated heterocycles. The van der Waals surface area contributed by atoms with E-state index in [1.807, 2.05) is 0 Å². The van der Waals surface area contributed by atoms with E-state index in [1.54, 1.807) is 0 Å². The fourth-order valence-electron chi connectivity index (χ4n) is 2.18. The molecule has 0 atom stereocenters. The third-order valence-electron chi connectivity index (χ3n) is 3.30. The fourth-order valence-corrected chi connectivity index (χ4v) is 3.67. The van der Waals surface area contributed by atoms with E-state index in [1.165, 1.54) is 19.2 Å². The SMILES string of the molecule is COC(=O)c1cc(F)ccc1NC1CCS(=O)(=O)CC1. The van der Waals surface area contributed by atoms with Gasteiger partial charge in [-0.25, -0.2) is 17.6 Å². The molecule has 7 heteroatoms. The molecule has 1 heterocycles. The van der Waals surface area contributed by atoms with Crippen molar-refractivity contribution in [3.63, 3.8) is 0 Å². The van der Waals surface area contributed by atoms with Gasteiger partial charge >= 0.3 is 5.97 Å². The van der Waals surface area contributed by atoms with Gasteiger partial charge in [0, 0.05) is 11.7 Å². The van der Waals surface area contributed by atoms with Crippen LogP contribution in [-0.2, 0) is 14.6 Å². The van der Waals surface area contributed by atoms with Crippen molar-refractivity contribution >= 4 is 21.5 Å². The van der Waals surface area contributed by atoms with Crippen LogP contribution in [0.4, 0.5) is 10.1 Å². The maximum Gasteiger partial charge on any atom is 0.340 e. The van der Waals surface area contributed by atoms with Gasteiger partial charge in [0.1, 0.15) is 15.7 Å². The molecule has 1 fully saturated rings. The number of carbonyl (C=O) groups excluding carboxylic acids is 1. The Balaban J connectivity index is 2.15. The van der Waals surface area contributed by atoms with Crippen LogP contribution in [-0.4, -0.2) is 39.0 Å². The van der Waals surface area contributed by atoms with Gasteiger partial charge in [0.25, 0.3) is 0 Å². The molecule has 0 amide bonds. The van der Waals surface area contributed by atoms with E-state index in [4.69, 9.17) is 0 Å². The van der Waals surface area contributed by atoms with E-state index in [9.17, 15) is 17.6 Å². The lowest BCUT2D eigenvalue weighted by Crippen LogP contribution is -2.32. The first-order valence-electron chi connectivity index (χ1n) is 6.26. The normalized spacial score (nSPS) is 18.5. The van der Waals surface area contributed by atoms with Crippen LogP contribution in [0.3, 0.4) is 0 Å². The summed E-state index contributed by atoms with van der Waals surface area (Å²) in [5.41, 5.74) is 0.573. The zero-order chi connectivity index (χ0) is 14.8. The summed E-state index contributed by atoms with van der Waals surface area (Å²) < 4.78 is 40.5. The minimum absolute atomic E-state index is 0.0487. The summed E-state index contributed by atoms with van der Waals surface area (Å²) in [6.07, 6.45) is 0.945. The molecule has 1 aliphatic rings. The first-order valence-corrected chi connectivity index (χ1v) is 8.08. The van der Waals surface area contributed by atoms with Crippen molar-refractivity contribution in [2.24, 2.45) is 0 Å². The number of methoxy groups -OCH3 is 1. The quantitative estimate of drug-likeness (QED) is 0.859. The lowest BCUT2D eigenvalue weighted by atomic mass is 10.1. The molecule has 5 nitrogen and oxygen atoms in total. The van der Waals surface area contributed by atoms with E-state index < -0.39 is 21.6 Å². The number of rotatable bonds is 3. The van der Waals surface area contributed by atoms with Crippen LogP contribution in [0.5, 0.6) is 0 Å².